The van der Waals surface area contributed by atoms with E-state index in [0.29, 0.717) is 0 Å². The van der Waals surface area contributed by atoms with Crippen LogP contribution in [0.15, 0.2) is 18.2 Å². The highest BCUT2D eigenvalue weighted by Crippen LogP contribution is 2.38. The van der Waals surface area contributed by atoms with E-state index in [2.05, 4.69) is 0 Å². The first-order valence-corrected chi connectivity index (χ1v) is 4.61. The number of ether oxygens (including phenoxy) is 2. The number of carboxylic acid groups (broad SMARTS) is 1. The summed E-state index contributed by atoms with van der Waals surface area (Å²) in [4.78, 5) is 10.6. The second-order valence-corrected chi connectivity index (χ2v) is 3.42. The molecule has 17 heavy (non-hydrogen) atoms. The summed E-state index contributed by atoms with van der Waals surface area (Å²) < 4.78 is 47.1. The SMILES string of the molecule is O=C(O)C1COc2ccc(C(F)(F)F)cc2O1. The van der Waals surface area contributed by atoms with Crippen molar-refractivity contribution >= 4 is 5.97 Å². The highest BCUT2D eigenvalue weighted by Gasteiger charge is 2.34. The number of alkyl halides is 3. The molecule has 92 valence electrons. The number of rotatable bonds is 1. The molecule has 0 radical (unpaired) electrons. The predicted molar refractivity (Wildman–Crippen MR) is 49.0 cm³/mol. The van der Waals surface area contributed by atoms with Crippen molar-refractivity contribution < 1.29 is 32.5 Å². The summed E-state index contributed by atoms with van der Waals surface area (Å²) in [6, 6.07) is 2.68. The fraction of sp³-hybridized carbons (Fsp3) is 0.300. The minimum absolute atomic E-state index is 0.107. The Morgan fingerprint density at radius 3 is 2.65 bits per heavy atom. The lowest BCUT2D eigenvalue weighted by Gasteiger charge is -2.24. The monoisotopic (exact) mass is 248 g/mol. The van der Waals surface area contributed by atoms with E-state index >= 15 is 0 Å². The molecule has 0 aromatic heterocycles. The van der Waals surface area contributed by atoms with Crippen molar-refractivity contribution in [1.29, 1.82) is 0 Å². The molecule has 1 N–H and O–H groups in total. The maximum absolute atomic E-state index is 12.4. The molecular weight excluding hydrogens is 241 g/mol. The van der Waals surface area contributed by atoms with Gasteiger partial charge in [-0.1, -0.05) is 0 Å². The third-order valence-electron chi connectivity index (χ3n) is 2.21. The van der Waals surface area contributed by atoms with Crippen LogP contribution in [0.2, 0.25) is 0 Å². The van der Waals surface area contributed by atoms with Crippen molar-refractivity contribution in [3.05, 3.63) is 23.8 Å². The molecule has 0 aliphatic carbocycles. The van der Waals surface area contributed by atoms with E-state index in [4.69, 9.17) is 14.6 Å². The second kappa shape index (κ2) is 3.83. The molecule has 1 unspecified atom stereocenters. The third kappa shape index (κ3) is 2.27. The van der Waals surface area contributed by atoms with Crippen molar-refractivity contribution in [3.63, 3.8) is 0 Å². The Hall–Kier alpha value is -1.92. The molecule has 1 aromatic rings. The minimum atomic E-state index is -4.51. The number of carboxylic acids is 1. The zero-order chi connectivity index (χ0) is 12.6. The van der Waals surface area contributed by atoms with Crippen molar-refractivity contribution in [2.75, 3.05) is 6.61 Å². The Kier molecular flexibility index (Phi) is 2.60. The Morgan fingerprint density at radius 1 is 1.35 bits per heavy atom. The molecular formula is C10H7F3O4. The number of hydrogen-bond donors (Lipinski definition) is 1. The number of halogens is 3. The third-order valence-corrected chi connectivity index (χ3v) is 2.21. The minimum Gasteiger partial charge on any atom is -0.485 e. The van der Waals surface area contributed by atoms with Crippen LogP contribution >= 0.6 is 0 Å². The molecule has 0 bridgehead atoms. The van der Waals surface area contributed by atoms with Gasteiger partial charge in [-0.05, 0) is 18.2 Å². The summed E-state index contributed by atoms with van der Waals surface area (Å²) in [6.07, 6.45) is -5.79. The van der Waals surface area contributed by atoms with Crippen LogP contribution in [0, 0.1) is 0 Å². The van der Waals surface area contributed by atoms with Gasteiger partial charge in [0.15, 0.2) is 11.5 Å². The number of carbonyl (C=O) groups is 1. The highest BCUT2D eigenvalue weighted by molar-refractivity contribution is 5.73. The normalized spacial score (nSPS) is 18.9. The zero-order valence-corrected chi connectivity index (χ0v) is 8.32. The smallest absolute Gasteiger partial charge is 0.416 e. The largest absolute Gasteiger partial charge is 0.485 e. The van der Waals surface area contributed by atoms with Gasteiger partial charge in [0, 0.05) is 0 Å². The molecule has 1 aromatic carbocycles. The standard InChI is InChI=1S/C10H7F3O4/c11-10(12,13)5-1-2-6-7(3-5)17-8(4-16-6)9(14)15/h1-3,8H,4H2,(H,14,15). The summed E-state index contributed by atoms with van der Waals surface area (Å²) in [5.41, 5.74) is -0.911. The highest BCUT2D eigenvalue weighted by atomic mass is 19.4. The maximum atomic E-state index is 12.4. The first-order valence-electron chi connectivity index (χ1n) is 4.61. The first kappa shape index (κ1) is 11.6. The molecule has 1 atom stereocenters. The second-order valence-electron chi connectivity index (χ2n) is 3.42. The van der Waals surface area contributed by atoms with Crippen molar-refractivity contribution in [2.45, 2.75) is 12.3 Å². The van der Waals surface area contributed by atoms with Gasteiger partial charge in [-0.15, -0.1) is 0 Å². The number of aliphatic carboxylic acids is 1. The fourth-order valence-electron chi connectivity index (χ4n) is 1.37. The fourth-order valence-corrected chi connectivity index (χ4v) is 1.37. The predicted octanol–water partition coefficient (Wildman–Crippen LogP) is 1.93. The molecule has 0 spiro atoms. The van der Waals surface area contributed by atoms with Gasteiger partial charge in [0.1, 0.15) is 6.61 Å². The van der Waals surface area contributed by atoms with E-state index in [1.165, 1.54) is 0 Å². The van der Waals surface area contributed by atoms with E-state index in [9.17, 15) is 18.0 Å². The van der Waals surface area contributed by atoms with Gasteiger partial charge in [0.25, 0.3) is 0 Å². The summed E-state index contributed by atoms with van der Waals surface area (Å²) in [5, 5.41) is 8.67. The lowest BCUT2D eigenvalue weighted by Crippen LogP contribution is -2.36. The molecule has 0 fully saturated rings. The summed E-state index contributed by atoms with van der Waals surface area (Å²) in [6.45, 7) is -0.228. The van der Waals surface area contributed by atoms with E-state index in [1.54, 1.807) is 0 Å². The zero-order valence-electron chi connectivity index (χ0n) is 8.32. The van der Waals surface area contributed by atoms with Crippen LogP contribution < -0.4 is 9.47 Å². The van der Waals surface area contributed by atoms with E-state index in [1.807, 2.05) is 0 Å². The van der Waals surface area contributed by atoms with Gasteiger partial charge in [-0.25, -0.2) is 4.79 Å². The van der Waals surface area contributed by atoms with Crippen LogP contribution in [0.1, 0.15) is 5.56 Å². The molecule has 1 heterocycles. The molecule has 2 rings (SSSR count). The topological polar surface area (TPSA) is 55.8 Å². The first-order chi connectivity index (χ1) is 7.88. The molecule has 4 nitrogen and oxygen atoms in total. The van der Waals surface area contributed by atoms with Crippen LogP contribution in [0.5, 0.6) is 11.5 Å². The lowest BCUT2D eigenvalue weighted by atomic mass is 10.2. The summed E-state index contributed by atoms with van der Waals surface area (Å²) >= 11 is 0. The Bertz CT molecular complexity index is 455. The van der Waals surface area contributed by atoms with E-state index < -0.39 is 23.8 Å². The lowest BCUT2D eigenvalue weighted by molar-refractivity contribution is -0.147. The Labute approximate surface area is 93.6 Å². The van der Waals surface area contributed by atoms with Crippen LogP contribution in [-0.4, -0.2) is 23.8 Å². The van der Waals surface area contributed by atoms with Gasteiger partial charge in [-0.3, -0.25) is 0 Å². The van der Waals surface area contributed by atoms with Gasteiger partial charge in [-0.2, -0.15) is 13.2 Å². The molecule has 0 saturated heterocycles. The number of fused-ring (bicyclic) bond motifs is 1. The quantitative estimate of drug-likeness (QED) is 0.825. The molecule has 0 saturated carbocycles. The van der Waals surface area contributed by atoms with Gasteiger partial charge >= 0.3 is 12.1 Å². The van der Waals surface area contributed by atoms with Crippen molar-refractivity contribution in [3.8, 4) is 11.5 Å². The summed E-state index contributed by atoms with van der Waals surface area (Å²) in [7, 11) is 0. The number of hydrogen-bond acceptors (Lipinski definition) is 3. The van der Waals surface area contributed by atoms with Gasteiger partial charge in [0.2, 0.25) is 6.10 Å². The van der Waals surface area contributed by atoms with Crippen LogP contribution in [0.3, 0.4) is 0 Å². The molecule has 1 aliphatic heterocycles. The van der Waals surface area contributed by atoms with Crippen molar-refractivity contribution in [1.82, 2.24) is 0 Å². The van der Waals surface area contributed by atoms with Gasteiger partial charge < -0.3 is 14.6 Å². The van der Waals surface area contributed by atoms with Crippen LogP contribution in [0.4, 0.5) is 13.2 Å². The van der Waals surface area contributed by atoms with Crippen LogP contribution in [-0.2, 0) is 11.0 Å². The summed E-state index contributed by atoms with van der Waals surface area (Å²) in [5.74, 6) is -1.39. The maximum Gasteiger partial charge on any atom is 0.416 e. The average molecular weight is 248 g/mol. The van der Waals surface area contributed by atoms with Crippen molar-refractivity contribution in [2.24, 2.45) is 0 Å². The molecule has 0 amide bonds. The number of benzene rings is 1. The molecule has 7 heteroatoms. The van der Waals surface area contributed by atoms with E-state index in [-0.39, 0.29) is 18.1 Å². The average Bonchev–Trinajstić information content (AvgIpc) is 2.26. The van der Waals surface area contributed by atoms with Crippen LogP contribution in [0.25, 0.3) is 0 Å². The molecule has 1 aliphatic rings. The van der Waals surface area contributed by atoms with Gasteiger partial charge in [0.05, 0.1) is 5.56 Å². The van der Waals surface area contributed by atoms with E-state index in [0.717, 1.165) is 18.2 Å². The Morgan fingerprint density at radius 2 is 2.06 bits per heavy atom. The Balaban J connectivity index is 2.32.